The first-order valence-corrected chi connectivity index (χ1v) is 5.29. The van der Waals surface area contributed by atoms with Gasteiger partial charge >= 0.3 is 0 Å². The molecule has 2 N–H and O–H groups in total. The molecule has 0 aromatic heterocycles. The molecule has 0 heterocycles. The van der Waals surface area contributed by atoms with Crippen molar-refractivity contribution >= 4 is 11.6 Å². The van der Waals surface area contributed by atoms with Crippen LogP contribution in [-0.4, -0.2) is 10.2 Å². The van der Waals surface area contributed by atoms with Crippen LogP contribution in [0.25, 0.3) is 0 Å². The Morgan fingerprint density at radius 3 is 2.00 bits per heavy atom. The zero-order valence-corrected chi connectivity index (χ0v) is 9.28. The molecule has 0 aliphatic carbocycles. The third-order valence-electron chi connectivity index (χ3n) is 2.42. The predicted molar refractivity (Wildman–Crippen MR) is 64.0 cm³/mol. The topological polar surface area (TPSA) is 40.5 Å². The van der Waals surface area contributed by atoms with Crippen LogP contribution in [0.15, 0.2) is 42.5 Å². The molecule has 2 rings (SSSR count). The van der Waals surface area contributed by atoms with Crippen LogP contribution in [-0.2, 0) is 6.42 Å². The van der Waals surface area contributed by atoms with E-state index in [2.05, 4.69) is 0 Å². The highest BCUT2D eigenvalue weighted by atomic mass is 35.5. The SMILES string of the molecule is Oc1cccc(O)c1Cc1ccc(Cl)cc1. The van der Waals surface area contributed by atoms with E-state index in [1.54, 1.807) is 30.3 Å². The summed E-state index contributed by atoms with van der Waals surface area (Å²) in [4.78, 5) is 0. The van der Waals surface area contributed by atoms with Gasteiger partial charge in [0.05, 0.1) is 0 Å². The van der Waals surface area contributed by atoms with Crippen LogP contribution < -0.4 is 0 Å². The molecular weight excluding hydrogens is 224 g/mol. The fourth-order valence-corrected chi connectivity index (χ4v) is 1.68. The van der Waals surface area contributed by atoms with Crippen molar-refractivity contribution in [1.82, 2.24) is 0 Å². The molecular formula is C13H11ClO2. The highest BCUT2D eigenvalue weighted by Crippen LogP contribution is 2.28. The third kappa shape index (κ3) is 2.28. The lowest BCUT2D eigenvalue weighted by molar-refractivity contribution is 0.440. The Bertz CT molecular complexity index is 472. The standard InChI is InChI=1S/C13H11ClO2/c14-10-6-4-9(5-7-10)8-11-12(15)2-1-3-13(11)16/h1-7,15-16H,8H2. The minimum absolute atomic E-state index is 0.106. The number of phenols is 2. The highest BCUT2D eigenvalue weighted by molar-refractivity contribution is 6.30. The number of halogens is 1. The summed E-state index contributed by atoms with van der Waals surface area (Å²) < 4.78 is 0. The van der Waals surface area contributed by atoms with Gasteiger partial charge in [-0.1, -0.05) is 29.8 Å². The van der Waals surface area contributed by atoms with Crippen LogP contribution in [0.5, 0.6) is 11.5 Å². The van der Waals surface area contributed by atoms with Crippen LogP contribution in [0.2, 0.25) is 5.02 Å². The van der Waals surface area contributed by atoms with Crippen molar-refractivity contribution in [2.24, 2.45) is 0 Å². The Morgan fingerprint density at radius 2 is 1.44 bits per heavy atom. The maximum Gasteiger partial charge on any atom is 0.122 e. The lowest BCUT2D eigenvalue weighted by Crippen LogP contribution is -1.89. The van der Waals surface area contributed by atoms with E-state index in [1.807, 2.05) is 12.1 Å². The Labute approximate surface area is 98.7 Å². The van der Waals surface area contributed by atoms with E-state index >= 15 is 0 Å². The van der Waals surface area contributed by atoms with Crippen LogP contribution in [0, 0.1) is 0 Å². The van der Waals surface area contributed by atoms with Gasteiger partial charge in [-0.3, -0.25) is 0 Å². The minimum atomic E-state index is 0.106. The predicted octanol–water partition coefficient (Wildman–Crippen LogP) is 3.34. The van der Waals surface area contributed by atoms with Crippen LogP contribution in [0.4, 0.5) is 0 Å². The molecule has 3 heteroatoms. The lowest BCUT2D eigenvalue weighted by atomic mass is 10.0. The Balaban J connectivity index is 2.30. The van der Waals surface area contributed by atoms with E-state index in [-0.39, 0.29) is 11.5 Å². The first-order chi connectivity index (χ1) is 7.66. The number of hydrogen-bond acceptors (Lipinski definition) is 2. The van der Waals surface area contributed by atoms with E-state index in [4.69, 9.17) is 11.6 Å². The van der Waals surface area contributed by atoms with Crippen molar-refractivity contribution in [3.05, 3.63) is 58.6 Å². The van der Waals surface area contributed by atoms with Gasteiger partial charge in [-0.2, -0.15) is 0 Å². The van der Waals surface area contributed by atoms with Gasteiger partial charge in [-0.25, -0.2) is 0 Å². The van der Waals surface area contributed by atoms with Gasteiger partial charge in [0.2, 0.25) is 0 Å². The van der Waals surface area contributed by atoms with E-state index < -0.39 is 0 Å². The Kier molecular flexibility index (Phi) is 3.02. The quantitative estimate of drug-likeness (QED) is 0.837. The van der Waals surface area contributed by atoms with Crippen molar-refractivity contribution in [3.63, 3.8) is 0 Å². The van der Waals surface area contributed by atoms with E-state index in [9.17, 15) is 10.2 Å². The normalized spacial score (nSPS) is 10.3. The number of aromatic hydroxyl groups is 2. The number of phenolic OH excluding ortho intramolecular Hbond substituents is 2. The number of rotatable bonds is 2. The second kappa shape index (κ2) is 4.45. The lowest BCUT2D eigenvalue weighted by Gasteiger charge is -2.07. The second-order valence-electron chi connectivity index (χ2n) is 3.58. The molecule has 2 aromatic rings. The van der Waals surface area contributed by atoms with E-state index in [0.29, 0.717) is 17.0 Å². The fourth-order valence-electron chi connectivity index (χ4n) is 1.55. The molecule has 0 radical (unpaired) electrons. The summed E-state index contributed by atoms with van der Waals surface area (Å²) in [7, 11) is 0. The molecule has 0 fully saturated rings. The summed E-state index contributed by atoms with van der Waals surface area (Å²) >= 11 is 5.78. The first-order valence-electron chi connectivity index (χ1n) is 4.91. The van der Waals surface area contributed by atoms with Crippen molar-refractivity contribution in [2.75, 3.05) is 0 Å². The van der Waals surface area contributed by atoms with Crippen molar-refractivity contribution < 1.29 is 10.2 Å². The van der Waals surface area contributed by atoms with Crippen LogP contribution >= 0.6 is 11.6 Å². The van der Waals surface area contributed by atoms with E-state index in [0.717, 1.165) is 5.56 Å². The zero-order chi connectivity index (χ0) is 11.5. The molecule has 0 bridgehead atoms. The Morgan fingerprint density at radius 1 is 0.875 bits per heavy atom. The first kappa shape index (κ1) is 10.8. The number of hydrogen-bond donors (Lipinski definition) is 2. The molecule has 2 nitrogen and oxygen atoms in total. The summed E-state index contributed by atoms with van der Waals surface area (Å²) in [5.74, 6) is 0.213. The molecule has 0 aliphatic rings. The molecule has 0 aliphatic heterocycles. The molecule has 0 amide bonds. The van der Waals surface area contributed by atoms with E-state index in [1.165, 1.54) is 0 Å². The largest absolute Gasteiger partial charge is 0.508 e. The summed E-state index contributed by atoms with van der Waals surface area (Å²) in [6.07, 6.45) is 0.482. The van der Waals surface area contributed by atoms with Gasteiger partial charge in [0.1, 0.15) is 11.5 Å². The molecule has 2 aromatic carbocycles. The highest BCUT2D eigenvalue weighted by Gasteiger charge is 2.07. The average Bonchev–Trinajstić information content (AvgIpc) is 2.26. The van der Waals surface area contributed by atoms with Gasteiger partial charge in [-0.15, -0.1) is 0 Å². The second-order valence-corrected chi connectivity index (χ2v) is 4.01. The summed E-state index contributed by atoms with van der Waals surface area (Å²) in [6, 6.07) is 12.0. The summed E-state index contributed by atoms with van der Waals surface area (Å²) in [5, 5.41) is 19.9. The summed E-state index contributed by atoms with van der Waals surface area (Å²) in [6.45, 7) is 0. The summed E-state index contributed by atoms with van der Waals surface area (Å²) in [5.41, 5.74) is 1.52. The van der Waals surface area contributed by atoms with Crippen molar-refractivity contribution in [1.29, 1.82) is 0 Å². The molecule has 16 heavy (non-hydrogen) atoms. The third-order valence-corrected chi connectivity index (χ3v) is 2.67. The van der Waals surface area contributed by atoms with Crippen molar-refractivity contribution in [2.45, 2.75) is 6.42 Å². The smallest absolute Gasteiger partial charge is 0.122 e. The maximum atomic E-state index is 9.62. The van der Waals surface area contributed by atoms with Gasteiger partial charge in [0, 0.05) is 17.0 Å². The van der Waals surface area contributed by atoms with Crippen LogP contribution in [0.1, 0.15) is 11.1 Å². The van der Waals surface area contributed by atoms with Gasteiger partial charge in [-0.05, 0) is 29.8 Å². The fraction of sp³-hybridized carbons (Fsp3) is 0.0769. The zero-order valence-electron chi connectivity index (χ0n) is 8.52. The van der Waals surface area contributed by atoms with Gasteiger partial charge < -0.3 is 10.2 Å². The molecule has 82 valence electrons. The average molecular weight is 235 g/mol. The molecule has 0 unspecified atom stereocenters. The molecule has 0 spiro atoms. The number of benzene rings is 2. The molecule has 0 saturated carbocycles. The minimum Gasteiger partial charge on any atom is -0.508 e. The van der Waals surface area contributed by atoms with Gasteiger partial charge in [0.15, 0.2) is 0 Å². The molecule has 0 atom stereocenters. The maximum absolute atomic E-state index is 9.62. The Hall–Kier alpha value is -1.67. The van der Waals surface area contributed by atoms with Gasteiger partial charge in [0.25, 0.3) is 0 Å². The van der Waals surface area contributed by atoms with Crippen LogP contribution in [0.3, 0.4) is 0 Å². The van der Waals surface area contributed by atoms with Crippen molar-refractivity contribution in [3.8, 4) is 11.5 Å². The molecule has 0 saturated heterocycles. The monoisotopic (exact) mass is 234 g/mol.